The lowest BCUT2D eigenvalue weighted by Crippen LogP contribution is -2.08. The van der Waals surface area contributed by atoms with E-state index in [9.17, 15) is 0 Å². The lowest BCUT2D eigenvalue weighted by molar-refractivity contribution is 0.767. The molecule has 0 aliphatic rings. The quantitative estimate of drug-likeness (QED) is 0.891. The standard InChI is InChI=1S/C11H14N2S2/c1-7-3-4-14-10(7)9-6-15-11(13-9)8(2)5-12/h3-4,6,8H,5,12H2,1-2H3. The molecular weight excluding hydrogens is 224 g/mol. The lowest BCUT2D eigenvalue weighted by Gasteiger charge is -2.01. The molecule has 15 heavy (non-hydrogen) atoms. The summed E-state index contributed by atoms with van der Waals surface area (Å²) in [5.41, 5.74) is 8.03. The number of hydrogen-bond acceptors (Lipinski definition) is 4. The predicted octanol–water partition coefficient (Wildman–Crippen LogP) is 3.24. The van der Waals surface area contributed by atoms with Crippen LogP contribution >= 0.6 is 22.7 Å². The Bertz CT molecular complexity index is 445. The maximum atomic E-state index is 5.63. The molecule has 0 saturated carbocycles. The maximum absolute atomic E-state index is 5.63. The number of thiophene rings is 1. The lowest BCUT2D eigenvalue weighted by atomic mass is 10.2. The fraction of sp³-hybridized carbons (Fsp3) is 0.364. The fourth-order valence-electron chi connectivity index (χ4n) is 1.35. The molecule has 4 heteroatoms. The van der Waals surface area contributed by atoms with Crippen LogP contribution in [-0.2, 0) is 0 Å². The number of hydrogen-bond donors (Lipinski definition) is 1. The van der Waals surface area contributed by atoms with Crippen molar-refractivity contribution in [3.05, 3.63) is 27.4 Å². The molecule has 2 nitrogen and oxygen atoms in total. The van der Waals surface area contributed by atoms with Gasteiger partial charge in [0.1, 0.15) is 0 Å². The van der Waals surface area contributed by atoms with Crippen molar-refractivity contribution in [2.24, 2.45) is 5.73 Å². The third-order valence-corrected chi connectivity index (χ3v) is 4.51. The molecule has 2 aromatic rings. The summed E-state index contributed by atoms with van der Waals surface area (Å²) in [6.07, 6.45) is 0. The third kappa shape index (κ3) is 2.12. The summed E-state index contributed by atoms with van der Waals surface area (Å²) < 4.78 is 0. The van der Waals surface area contributed by atoms with E-state index in [0.29, 0.717) is 12.5 Å². The van der Waals surface area contributed by atoms with Crippen molar-refractivity contribution in [1.82, 2.24) is 4.98 Å². The molecule has 80 valence electrons. The van der Waals surface area contributed by atoms with Gasteiger partial charge in [-0.05, 0) is 23.9 Å². The van der Waals surface area contributed by atoms with Crippen LogP contribution < -0.4 is 5.73 Å². The van der Waals surface area contributed by atoms with Crippen LogP contribution in [0.3, 0.4) is 0 Å². The van der Waals surface area contributed by atoms with Crippen LogP contribution in [-0.4, -0.2) is 11.5 Å². The van der Waals surface area contributed by atoms with E-state index in [-0.39, 0.29) is 0 Å². The van der Waals surface area contributed by atoms with Gasteiger partial charge >= 0.3 is 0 Å². The van der Waals surface area contributed by atoms with Crippen LogP contribution in [0.25, 0.3) is 10.6 Å². The molecule has 2 heterocycles. The number of aryl methyl sites for hydroxylation is 1. The normalized spacial score (nSPS) is 13.0. The number of thiazole rings is 1. The van der Waals surface area contributed by atoms with Gasteiger partial charge in [0.2, 0.25) is 0 Å². The smallest absolute Gasteiger partial charge is 0.0973 e. The first-order valence-corrected chi connectivity index (χ1v) is 6.68. The first-order chi connectivity index (χ1) is 7.22. The average Bonchev–Trinajstić information content (AvgIpc) is 2.84. The molecule has 0 radical (unpaired) electrons. The Balaban J connectivity index is 2.32. The molecule has 0 aromatic carbocycles. The van der Waals surface area contributed by atoms with Crippen molar-refractivity contribution in [2.75, 3.05) is 6.54 Å². The molecule has 1 unspecified atom stereocenters. The zero-order valence-corrected chi connectivity index (χ0v) is 10.5. The monoisotopic (exact) mass is 238 g/mol. The summed E-state index contributed by atoms with van der Waals surface area (Å²) >= 11 is 3.45. The Hall–Kier alpha value is -0.710. The number of aromatic nitrogens is 1. The minimum absolute atomic E-state index is 0.365. The van der Waals surface area contributed by atoms with Gasteiger partial charge < -0.3 is 5.73 Å². The van der Waals surface area contributed by atoms with Gasteiger partial charge in [-0.25, -0.2) is 4.98 Å². The van der Waals surface area contributed by atoms with Crippen LogP contribution in [0.15, 0.2) is 16.8 Å². The molecule has 0 aliphatic carbocycles. The number of nitrogens with zero attached hydrogens (tertiary/aromatic N) is 1. The second-order valence-electron chi connectivity index (χ2n) is 3.64. The second-order valence-corrected chi connectivity index (χ2v) is 5.45. The molecule has 2 rings (SSSR count). The van der Waals surface area contributed by atoms with Crippen molar-refractivity contribution in [3.63, 3.8) is 0 Å². The van der Waals surface area contributed by atoms with Crippen LogP contribution in [0, 0.1) is 6.92 Å². The molecule has 0 aliphatic heterocycles. The first-order valence-electron chi connectivity index (χ1n) is 4.92. The highest BCUT2D eigenvalue weighted by Crippen LogP contribution is 2.31. The largest absolute Gasteiger partial charge is 0.330 e. The summed E-state index contributed by atoms with van der Waals surface area (Å²) in [4.78, 5) is 5.91. The highest BCUT2D eigenvalue weighted by molar-refractivity contribution is 7.14. The zero-order chi connectivity index (χ0) is 10.8. The summed E-state index contributed by atoms with van der Waals surface area (Å²) in [5.74, 6) is 0.365. The van der Waals surface area contributed by atoms with Crippen LogP contribution in [0.4, 0.5) is 0 Å². The molecule has 0 fully saturated rings. The van der Waals surface area contributed by atoms with Gasteiger partial charge in [0.05, 0.1) is 15.6 Å². The second kappa shape index (κ2) is 4.43. The zero-order valence-electron chi connectivity index (χ0n) is 8.86. The van der Waals surface area contributed by atoms with Crippen LogP contribution in [0.2, 0.25) is 0 Å². The van der Waals surface area contributed by atoms with Crippen molar-refractivity contribution < 1.29 is 0 Å². The third-order valence-electron chi connectivity index (χ3n) is 2.39. The van der Waals surface area contributed by atoms with Gasteiger partial charge in [-0.1, -0.05) is 6.92 Å². The van der Waals surface area contributed by atoms with Crippen molar-refractivity contribution in [2.45, 2.75) is 19.8 Å². The minimum Gasteiger partial charge on any atom is -0.330 e. The molecule has 0 bridgehead atoms. The molecule has 2 N–H and O–H groups in total. The molecular formula is C11H14N2S2. The first kappa shape index (κ1) is 10.8. The summed E-state index contributed by atoms with van der Waals surface area (Å²) in [6.45, 7) is 4.90. The SMILES string of the molecule is Cc1ccsc1-c1csc(C(C)CN)n1. The number of nitrogens with two attached hydrogens (primary N) is 1. The minimum atomic E-state index is 0.365. The molecule has 0 saturated heterocycles. The van der Waals surface area contributed by atoms with E-state index < -0.39 is 0 Å². The Morgan fingerprint density at radius 1 is 1.47 bits per heavy atom. The Morgan fingerprint density at radius 3 is 2.87 bits per heavy atom. The Morgan fingerprint density at radius 2 is 2.27 bits per heavy atom. The van der Waals surface area contributed by atoms with Crippen LogP contribution in [0.5, 0.6) is 0 Å². The highest BCUT2D eigenvalue weighted by atomic mass is 32.1. The number of rotatable bonds is 3. The highest BCUT2D eigenvalue weighted by Gasteiger charge is 2.11. The van der Waals surface area contributed by atoms with E-state index in [1.54, 1.807) is 22.7 Å². The summed E-state index contributed by atoms with van der Waals surface area (Å²) in [6, 6.07) is 2.13. The van der Waals surface area contributed by atoms with Crippen molar-refractivity contribution in [3.8, 4) is 10.6 Å². The van der Waals surface area contributed by atoms with Gasteiger partial charge in [-0.2, -0.15) is 0 Å². The molecule has 0 spiro atoms. The Labute approximate surface area is 97.8 Å². The predicted molar refractivity (Wildman–Crippen MR) is 67.6 cm³/mol. The van der Waals surface area contributed by atoms with E-state index in [1.165, 1.54) is 10.4 Å². The van der Waals surface area contributed by atoms with Gasteiger partial charge in [-0.15, -0.1) is 22.7 Å². The Kier molecular flexibility index (Phi) is 3.19. The fourth-order valence-corrected chi connectivity index (χ4v) is 3.20. The van der Waals surface area contributed by atoms with E-state index in [2.05, 4.69) is 35.7 Å². The summed E-state index contributed by atoms with van der Waals surface area (Å²) in [5, 5.41) is 5.37. The topological polar surface area (TPSA) is 38.9 Å². The van der Waals surface area contributed by atoms with Gasteiger partial charge in [0.25, 0.3) is 0 Å². The van der Waals surface area contributed by atoms with Gasteiger partial charge in [0, 0.05) is 17.8 Å². The summed E-state index contributed by atoms with van der Waals surface area (Å²) in [7, 11) is 0. The molecule has 0 amide bonds. The van der Waals surface area contributed by atoms with Crippen molar-refractivity contribution in [1.29, 1.82) is 0 Å². The van der Waals surface area contributed by atoms with E-state index in [4.69, 9.17) is 5.73 Å². The maximum Gasteiger partial charge on any atom is 0.0973 e. The van der Waals surface area contributed by atoms with Gasteiger partial charge in [-0.3, -0.25) is 0 Å². The molecule has 2 aromatic heterocycles. The van der Waals surface area contributed by atoms with Crippen molar-refractivity contribution >= 4 is 22.7 Å². The van der Waals surface area contributed by atoms with Gasteiger partial charge in [0.15, 0.2) is 0 Å². The van der Waals surface area contributed by atoms with E-state index in [0.717, 1.165) is 10.7 Å². The van der Waals surface area contributed by atoms with E-state index in [1.807, 2.05) is 0 Å². The van der Waals surface area contributed by atoms with Crippen LogP contribution in [0.1, 0.15) is 23.4 Å². The van der Waals surface area contributed by atoms with E-state index >= 15 is 0 Å². The average molecular weight is 238 g/mol. The molecule has 1 atom stereocenters.